The predicted octanol–water partition coefficient (Wildman–Crippen LogP) is 3.23. The van der Waals surface area contributed by atoms with Crippen LogP contribution in [0.1, 0.15) is 45.1 Å². The molecule has 0 aliphatic carbocycles. The molecule has 0 aliphatic rings. The first-order valence-corrected chi connectivity index (χ1v) is 10.4. The number of amides is 1. The fraction of sp³-hybridized carbons (Fsp3) is 0.545. The minimum atomic E-state index is -4.45. The zero-order valence-corrected chi connectivity index (χ0v) is 19.8. The molecule has 0 aromatic carbocycles. The number of carbonyl (C=O) groups excluding carboxylic acids is 3. The number of nitrogens with zero attached hydrogens (tertiary/aromatic N) is 1. The fourth-order valence-electron chi connectivity index (χ4n) is 2.81. The van der Waals surface area contributed by atoms with Crippen LogP contribution in [0.2, 0.25) is 0 Å². The van der Waals surface area contributed by atoms with E-state index in [4.69, 9.17) is 18.9 Å². The molecular formula is C22H29F3N2O7. The summed E-state index contributed by atoms with van der Waals surface area (Å²) < 4.78 is 57.5. The summed E-state index contributed by atoms with van der Waals surface area (Å²) in [6, 6.07) is 0.259. The molecule has 0 radical (unpaired) electrons. The number of ether oxygens (including phenoxy) is 4. The molecule has 1 heterocycles. The summed E-state index contributed by atoms with van der Waals surface area (Å²) in [5.41, 5.74) is -0.275. The first-order chi connectivity index (χ1) is 15.8. The van der Waals surface area contributed by atoms with E-state index in [2.05, 4.69) is 10.3 Å². The van der Waals surface area contributed by atoms with Crippen LogP contribution in [0, 0.1) is 5.92 Å². The van der Waals surface area contributed by atoms with Gasteiger partial charge >= 0.3 is 18.1 Å². The monoisotopic (exact) mass is 490 g/mol. The lowest BCUT2D eigenvalue weighted by Gasteiger charge is -2.28. The zero-order chi connectivity index (χ0) is 26.1. The molecule has 0 bridgehead atoms. The van der Waals surface area contributed by atoms with Crippen molar-refractivity contribution < 1.29 is 46.5 Å². The van der Waals surface area contributed by atoms with Crippen LogP contribution in [0.5, 0.6) is 11.5 Å². The number of pyridine rings is 1. The van der Waals surface area contributed by atoms with E-state index in [1.807, 2.05) is 0 Å². The van der Waals surface area contributed by atoms with E-state index in [0.717, 1.165) is 13.0 Å². The first-order valence-electron chi connectivity index (χ1n) is 10.4. The third kappa shape index (κ3) is 9.38. The summed E-state index contributed by atoms with van der Waals surface area (Å²) in [4.78, 5) is 40.6. The molecule has 0 aliphatic heterocycles. The largest absolute Gasteiger partial charge is 0.493 e. The minimum absolute atomic E-state index is 0.0599. The number of nitrogens with one attached hydrogen (secondary N) is 1. The zero-order valence-electron chi connectivity index (χ0n) is 19.8. The van der Waals surface area contributed by atoms with E-state index in [1.165, 1.54) is 26.3 Å². The van der Waals surface area contributed by atoms with Crippen LogP contribution < -0.4 is 14.8 Å². The lowest BCUT2D eigenvalue weighted by Crippen LogP contribution is -2.44. The average molecular weight is 490 g/mol. The summed E-state index contributed by atoms with van der Waals surface area (Å²) in [6.45, 7) is 7.25. The van der Waals surface area contributed by atoms with Crippen LogP contribution in [0.15, 0.2) is 24.4 Å². The van der Waals surface area contributed by atoms with Gasteiger partial charge in [0.15, 0.2) is 11.4 Å². The maximum Gasteiger partial charge on any atom is 0.409 e. The maximum atomic E-state index is 12.7. The van der Waals surface area contributed by atoms with Crippen molar-refractivity contribution in [3.63, 3.8) is 0 Å². The fourth-order valence-corrected chi connectivity index (χ4v) is 2.81. The molecule has 1 unspecified atom stereocenters. The Labute approximate surface area is 195 Å². The second kappa shape index (κ2) is 12.9. The summed E-state index contributed by atoms with van der Waals surface area (Å²) in [6.07, 6.45) is -3.81. The Morgan fingerprint density at radius 3 is 2.35 bits per heavy atom. The molecule has 1 aromatic heterocycles. The number of carbonyl (C=O) groups is 3. The van der Waals surface area contributed by atoms with Crippen LogP contribution in [0.4, 0.5) is 13.2 Å². The number of hydrogen-bond acceptors (Lipinski definition) is 8. The molecule has 0 spiro atoms. The van der Waals surface area contributed by atoms with Crippen molar-refractivity contribution in [2.24, 2.45) is 5.92 Å². The van der Waals surface area contributed by atoms with Gasteiger partial charge in [-0.25, -0.2) is 9.78 Å². The molecule has 1 rings (SSSR count). The van der Waals surface area contributed by atoms with Crippen molar-refractivity contribution in [3.05, 3.63) is 30.1 Å². The number of methoxy groups -OCH3 is 1. The molecule has 34 heavy (non-hydrogen) atoms. The van der Waals surface area contributed by atoms with E-state index >= 15 is 0 Å². The van der Waals surface area contributed by atoms with E-state index in [-0.39, 0.29) is 35.8 Å². The molecule has 0 saturated heterocycles. The van der Waals surface area contributed by atoms with Gasteiger partial charge in [-0.15, -0.1) is 0 Å². The molecule has 0 fully saturated rings. The summed E-state index contributed by atoms with van der Waals surface area (Å²) in [5.74, 6) is -2.66. The Hall–Kier alpha value is -3.15. The molecule has 3 atom stereocenters. The van der Waals surface area contributed by atoms with Crippen LogP contribution in [-0.2, 0) is 19.1 Å². The number of halogens is 3. The van der Waals surface area contributed by atoms with Crippen molar-refractivity contribution in [3.8, 4) is 11.5 Å². The Morgan fingerprint density at radius 1 is 1.18 bits per heavy atom. The second-order valence-electron chi connectivity index (χ2n) is 7.61. The van der Waals surface area contributed by atoms with E-state index < -0.39 is 42.3 Å². The summed E-state index contributed by atoms with van der Waals surface area (Å²) >= 11 is 0. The Balaban J connectivity index is 2.85. The van der Waals surface area contributed by atoms with E-state index in [0.29, 0.717) is 0 Å². The Morgan fingerprint density at radius 2 is 1.82 bits per heavy atom. The average Bonchev–Trinajstić information content (AvgIpc) is 2.73. The number of hydrogen-bond donors (Lipinski definition) is 1. The SMILES string of the molecule is COc1ccnc(C(=O)N[C@@H](C)C(=O)OC(C(C)C)[C@H](C)OC/C=C/C(F)(F)F)c1OC(C)=O. The summed E-state index contributed by atoms with van der Waals surface area (Å²) in [5, 5.41) is 2.41. The molecule has 12 heteroatoms. The molecule has 0 saturated carbocycles. The van der Waals surface area contributed by atoms with Gasteiger partial charge < -0.3 is 24.3 Å². The number of rotatable bonds is 11. The van der Waals surface area contributed by atoms with Gasteiger partial charge in [-0.3, -0.25) is 9.59 Å². The van der Waals surface area contributed by atoms with Gasteiger partial charge in [0.2, 0.25) is 5.75 Å². The Kier molecular flexibility index (Phi) is 11.0. The van der Waals surface area contributed by atoms with Crippen molar-refractivity contribution in [2.45, 2.75) is 59.0 Å². The van der Waals surface area contributed by atoms with Crippen molar-refractivity contribution in [1.82, 2.24) is 10.3 Å². The van der Waals surface area contributed by atoms with Gasteiger partial charge in [0, 0.05) is 25.3 Å². The molecular weight excluding hydrogens is 461 g/mol. The van der Waals surface area contributed by atoms with Crippen molar-refractivity contribution in [1.29, 1.82) is 0 Å². The quantitative estimate of drug-likeness (QED) is 0.372. The van der Waals surface area contributed by atoms with E-state index in [9.17, 15) is 27.6 Å². The summed E-state index contributed by atoms with van der Waals surface area (Å²) in [7, 11) is 1.32. The number of alkyl halides is 3. The number of allylic oxidation sites excluding steroid dienone is 1. The lowest BCUT2D eigenvalue weighted by atomic mass is 10.0. The number of aromatic nitrogens is 1. The van der Waals surface area contributed by atoms with Crippen LogP contribution in [0.3, 0.4) is 0 Å². The van der Waals surface area contributed by atoms with Gasteiger partial charge in [0.25, 0.3) is 5.91 Å². The third-order valence-corrected chi connectivity index (χ3v) is 4.38. The number of esters is 2. The lowest BCUT2D eigenvalue weighted by molar-refractivity contribution is -0.162. The smallest absolute Gasteiger partial charge is 0.409 e. The topological polar surface area (TPSA) is 113 Å². The van der Waals surface area contributed by atoms with Gasteiger partial charge in [-0.2, -0.15) is 13.2 Å². The van der Waals surface area contributed by atoms with Crippen molar-refractivity contribution >= 4 is 17.8 Å². The molecule has 190 valence electrons. The van der Waals surface area contributed by atoms with Gasteiger partial charge in [-0.1, -0.05) is 19.9 Å². The molecule has 1 aromatic rings. The van der Waals surface area contributed by atoms with Crippen molar-refractivity contribution in [2.75, 3.05) is 13.7 Å². The highest BCUT2D eigenvalue weighted by Crippen LogP contribution is 2.29. The highest BCUT2D eigenvalue weighted by Gasteiger charge is 2.30. The normalized spacial score (nSPS) is 14.4. The third-order valence-electron chi connectivity index (χ3n) is 4.38. The van der Waals surface area contributed by atoms with Crippen LogP contribution >= 0.6 is 0 Å². The standard InChI is InChI=1S/C22H29F3N2O7/c1-12(2)18(14(4)32-11-7-9-22(23,24)25)34-21(30)13(3)27-20(29)17-19(33-15(5)28)16(31-6)8-10-26-17/h7-10,12-14,18H,11H2,1-6H3,(H,27,29)/b9-7+/t13-,14-,18?/m0/s1. The van der Waals surface area contributed by atoms with Gasteiger partial charge in [-0.05, 0) is 19.8 Å². The van der Waals surface area contributed by atoms with E-state index in [1.54, 1.807) is 20.8 Å². The molecule has 9 nitrogen and oxygen atoms in total. The van der Waals surface area contributed by atoms with Gasteiger partial charge in [0.1, 0.15) is 12.1 Å². The Bertz CT molecular complexity index is 888. The highest BCUT2D eigenvalue weighted by atomic mass is 19.4. The first kappa shape index (κ1) is 28.9. The van der Waals surface area contributed by atoms with Crippen LogP contribution in [0.25, 0.3) is 0 Å². The molecule has 1 amide bonds. The van der Waals surface area contributed by atoms with Gasteiger partial charge in [0.05, 0.1) is 19.8 Å². The maximum absolute atomic E-state index is 12.7. The predicted molar refractivity (Wildman–Crippen MR) is 114 cm³/mol. The highest BCUT2D eigenvalue weighted by molar-refractivity contribution is 5.98. The van der Waals surface area contributed by atoms with Crippen LogP contribution in [-0.4, -0.2) is 61.0 Å². The molecule has 1 N–H and O–H groups in total. The minimum Gasteiger partial charge on any atom is -0.493 e. The second-order valence-corrected chi connectivity index (χ2v) is 7.61.